The van der Waals surface area contributed by atoms with Crippen LogP contribution in [0, 0.1) is 5.92 Å². The highest BCUT2D eigenvalue weighted by Crippen LogP contribution is 2.18. The predicted octanol–water partition coefficient (Wildman–Crippen LogP) is 0.202. The van der Waals surface area contributed by atoms with Crippen molar-refractivity contribution in [2.75, 3.05) is 13.1 Å². The zero-order valence-electron chi connectivity index (χ0n) is 7.21. The van der Waals surface area contributed by atoms with E-state index in [4.69, 9.17) is 5.73 Å². The molecule has 1 amide bonds. The molecule has 0 aliphatic carbocycles. The van der Waals surface area contributed by atoms with Gasteiger partial charge in [0.1, 0.15) is 0 Å². The molecular weight excluding hydrogens is 140 g/mol. The summed E-state index contributed by atoms with van der Waals surface area (Å²) in [7, 11) is 0. The van der Waals surface area contributed by atoms with Crippen molar-refractivity contribution in [3.63, 3.8) is 0 Å². The lowest BCUT2D eigenvalue weighted by Crippen LogP contribution is -2.35. The van der Waals surface area contributed by atoms with Crippen molar-refractivity contribution in [3.05, 3.63) is 0 Å². The zero-order valence-corrected chi connectivity index (χ0v) is 7.21. The van der Waals surface area contributed by atoms with Gasteiger partial charge in [-0.25, -0.2) is 0 Å². The van der Waals surface area contributed by atoms with Gasteiger partial charge in [0.25, 0.3) is 0 Å². The summed E-state index contributed by atoms with van der Waals surface area (Å²) in [5.74, 6) is 0.333. The third kappa shape index (κ3) is 1.53. The summed E-state index contributed by atoms with van der Waals surface area (Å²) in [6, 6.07) is 0.332. The topological polar surface area (TPSA) is 46.3 Å². The molecule has 0 spiro atoms. The van der Waals surface area contributed by atoms with Crippen molar-refractivity contribution in [2.45, 2.75) is 26.3 Å². The molecule has 0 aromatic carbocycles. The first-order valence-corrected chi connectivity index (χ1v) is 4.17. The Hall–Kier alpha value is -0.570. The fraction of sp³-hybridized carbons (Fsp3) is 0.875. The van der Waals surface area contributed by atoms with E-state index in [-0.39, 0.29) is 11.8 Å². The predicted molar refractivity (Wildman–Crippen MR) is 44.0 cm³/mol. The highest BCUT2D eigenvalue weighted by atomic mass is 16.2. The van der Waals surface area contributed by atoms with Gasteiger partial charge in [0, 0.05) is 19.1 Å². The lowest BCUT2D eigenvalue weighted by atomic mass is 10.1. The summed E-state index contributed by atoms with van der Waals surface area (Å²) in [4.78, 5) is 13.3. The number of carbonyl (C=O) groups excluding carboxylic acids is 1. The summed E-state index contributed by atoms with van der Waals surface area (Å²) < 4.78 is 0. The van der Waals surface area contributed by atoms with Crippen LogP contribution in [-0.4, -0.2) is 29.9 Å². The first-order valence-electron chi connectivity index (χ1n) is 4.17. The summed E-state index contributed by atoms with van der Waals surface area (Å²) in [6.45, 7) is 5.47. The molecule has 1 aliphatic heterocycles. The largest absolute Gasteiger partial charge is 0.340 e. The summed E-state index contributed by atoms with van der Waals surface area (Å²) >= 11 is 0. The van der Waals surface area contributed by atoms with Crippen LogP contribution in [0.15, 0.2) is 0 Å². The van der Waals surface area contributed by atoms with Gasteiger partial charge < -0.3 is 10.6 Å². The fourth-order valence-corrected chi connectivity index (χ4v) is 1.49. The van der Waals surface area contributed by atoms with Crippen molar-refractivity contribution in [3.8, 4) is 0 Å². The highest BCUT2D eigenvalue weighted by Gasteiger charge is 2.31. The van der Waals surface area contributed by atoms with Crippen LogP contribution >= 0.6 is 0 Å². The van der Waals surface area contributed by atoms with E-state index < -0.39 is 0 Å². The molecule has 3 nitrogen and oxygen atoms in total. The van der Waals surface area contributed by atoms with E-state index in [2.05, 4.69) is 0 Å². The quantitative estimate of drug-likeness (QED) is 0.621. The van der Waals surface area contributed by atoms with E-state index in [9.17, 15) is 4.79 Å². The van der Waals surface area contributed by atoms with E-state index in [0.717, 1.165) is 13.0 Å². The number of amides is 1. The minimum atomic E-state index is 0.0948. The maximum absolute atomic E-state index is 11.4. The molecule has 2 N–H and O–H groups in total. The van der Waals surface area contributed by atoms with Crippen LogP contribution in [0.4, 0.5) is 0 Å². The number of hydrogen-bond acceptors (Lipinski definition) is 2. The first-order chi connectivity index (χ1) is 5.16. The van der Waals surface area contributed by atoms with Gasteiger partial charge in [-0.3, -0.25) is 4.79 Å². The van der Waals surface area contributed by atoms with Crippen molar-refractivity contribution in [1.29, 1.82) is 0 Å². The van der Waals surface area contributed by atoms with E-state index in [0.29, 0.717) is 12.6 Å². The first kappa shape index (κ1) is 8.53. The van der Waals surface area contributed by atoms with Gasteiger partial charge in [-0.05, 0) is 20.3 Å². The molecule has 3 heteroatoms. The number of nitrogens with two attached hydrogens (primary N) is 1. The Kier molecular flexibility index (Phi) is 2.49. The SMILES string of the molecule is CC(C)N1CC[C@@H](CN)C1=O. The van der Waals surface area contributed by atoms with Crippen LogP contribution in [0.1, 0.15) is 20.3 Å². The molecule has 0 saturated carbocycles. The van der Waals surface area contributed by atoms with Crippen LogP contribution in [-0.2, 0) is 4.79 Å². The standard InChI is InChI=1S/C8H16N2O/c1-6(2)10-4-3-7(5-9)8(10)11/h6-7H,3-5,9H2,1-2H3/t7-/m0/s1. The van der Waals surface area contributed by atoms with Crippen LogP contribution in [0.2, 0.25) is 0 Å². The number of likely N-dealkylation sites (tertiary alicyclic amines) is 1. The molecule has 0 unspecified atom stereocenters. The van der Waals surface area contributed by atoms with Gasteiger partial charge >= 0.3 is 0 Å². The van der Waals surface area contributed by atoms with Gasteiger partial charge in [0.15, 0.2) is 0 Å². The van der Waals surface area contributed by atoms with Gasteiger partial charge in [-0.1, -0.05) is 0 Å². The molecule has 0 bridgehead atoms. The Balaban J connectivity index is 2.56. The van der Waals surface area contributed by atoms with Crippen molar-refractivity contribution < 1.29 is 4.79 Å². The Morgan fingerprint density at radius 3 is 2.64 bits per heavy atom. The third-order valence-corrected chi connectivity index (χ3v) is 2.26. The van der Waals surface area contributed by atoms with Gasteiger partial charge in [-0.15, -0.1) is 0 Å². The average molecular weight is 156 g/mol. The Morgan fingerprint density at radius 1 is 1.73 bits per heavy atom. The molecule has 0 radical (unpaired) electrons. The van der Waals surface area contributed by atoms with Crippen LogP contribution in [0.25, 0.3) is 0 Å². The van der Waals surface area contributed by atoms with Crippen molar-refractivity contribution in [2.24, 2.45) is 11.7 Å². The second kappa shape index (κ2) is 3.22. The average Bonchev–Trinajstić information content (AvgIpc) is 2.30. The molecule has 1 rings (SSSR count). The Labute approximate surface area is 67.5 Å². The lowest BCUT2D eigenvalue weighted by Gasteiger charge is -2.20. The highest BCUT2D eigenvalue weighted by molar-refractivity contribution is 5.81. The molecular formula is C8H16N2O. The zero-order chi connectivity index (χ0) is 8.43. The van der Waals surface area contributed by atoms with Gasteiger partial charge in [-0.2, -0.15) is 0 Å². The molecule has 1 fully saturated rings. The van der Waals surface area contributed by atoms with E-state index in [1.165, 1.54) is 0 Å². The molecule has 1 heterocycles. The van der Waals surface area contributed by atoms with Gasteiger partial charge in [0.2, 0.25) is 5.91 Å². The summed E-state index contributed by atoms with van der Waals surface area (Å²) in [5.41, 5.74) is 5.44. The van der Waals surface area contributed by atoms with Crippen molar-refractivity contribution in [1.82, 2.24) is 4.90 Å². The Morgan fingerprint density at radius 2 is 2.36 bits per heavy atom. The normalized spacial score (nSPS) is 25.3. The molecule has 1 atom stereocenters. The van der Waals surface area contributed by atoms with Crippen LogP contribution in [0.5, 0.6) is 0 Å². The van der Waals surface area contributed by atoms with Crippen LogP contribution in [0.3, 0.4) is 0 Å². The van der Waals surface area contributed by atoms with E-state index >= 15 is 0 Å². The molecule has 0 aromatic heterocycles. The van der Waals surface area contributed by atoms with Crippen molar-refractivity contribution >= 4 is 5.91 Å². The van der Waals surface area contributed by atoms with E-state index in [1.807, 2.05) is 18.7 Å². The Bertz CT molecular complexity index is 156. The molecule has 1 saturated heterocycles. The number of rotatable bonds is 2. The molecule has 11 heavy (non-hydrogen) atoms. The smallest absolute Gasteiger partial charge is 0.227 e. The summed E-state index contributed by atoms with van der Waals surface area (Å²) in [6.07, 6.45) is 0.938. The van der Waals surface area contributed by atoms with Gasteiger partial charge in [0.05, 0.1) is 5.92 Å². The number of hydrogen-bond donors (Lipinski definition) is 1. The second-order valence-electron chi connectivity index (χ2n) is 3.35. The number of carbonyl (C=O) groups is 1. The minimum absolute atomic E-state index is 0.0948. The second-order valence-corrected chi connectivity index (χ2v) is 3.35. The maximum atomic E-state index is 11.4. The third-order valence-electron chi connectivity index (χ3n) is 2.26. The maximum Gasteiger partial charge on any atom is 0.227 e. The molecule has 0 aromatic rings. The van der Waals surface area contributed by atoms with Crippen LogP contribution < -0.4 is 5.73 Å². The monoisotopic (exact) mass is 156 g/mol. The lowest BCUT2D eigenvalue weighted by molar-refractivity contribution is -0.132. The summed E-state index contributed by atoms with van der Waals surface area (Å²) in [5, 5.41) is 0. The molecule has 64 valence electrons. The minimum Gasteiger partial charge on any atom is -0.340 e. The fourth-order valence-electron chi connectivity index (χ4n) is 1.49. The molecule has 1 aliphatic rings. The van der Waals surface area contributed by atoms with E-state index in [1.54, 1.807) is 0 Å². The number of nitrogens with zero attached hydrogens (tertiary/aromatic N) is 1.